The predicted molar refractivity (Wildman–Crippen MR) is 112 cm³/mol. The van der Waals surface area contributed by atoms with E-state index in [0.717, 1.165) is 5.56 Å². The fourth-order valence-corrected chi connectivity index (χ4v) is 4.13. The zero-order chi connectivity index (χ0) is 21.9. The van der Waals surface area contributed by atoms with Crippen LogP contribution in [0.1, 0.15) is 31.2 Å². The number of benzene rings is 2. The number of ether oxygens (including phenoxy) is 2. The Balaban J connectivity index is 1.82. The molecule has 30 heavy (non-hydrogen) atoms. The molecular weight excluding hydrogens is 406 g/mol. The van der Waals surface area contributed by atoms with Gasteiger partial charge >= 0.3 is 0 Å². The number of rotatable bonds is 8. The summed E-state index contributed by atoms with van der Waals surface area (Å²) in [6, 6.07) is 12.1. The minimum absolute atomic E-state index is 0.0532. The van der Waals surface area contributed by atoms with Gasteiger partial charge in [0.1, 0.15) is 11.5 Å². The fraction of sp³-hybridized carbons (Fsp3) is 0.333. The molecule has 0 N–H and O–H groups in total. The van der Waals surface area contributed by atoms with Crippen molar-refractivity contribution in [3.63, 3.8) is 0 Å². The van der Waals surface area contributed by atoms with Crippen LogP contribution in [0.5, 0.6) is 11.5 Å². The molecule has 2 aromatic carbocycles. The van der Waals surface area contributed by atoms with Crippen molar-refractivity contribution in [2.45, 2.75) is 31.2 Å². The van der Waals surface area contributed by atoms with Crippen molar-refractivity contribution >= 4 is 10.0 Å². The zero-order valence-corrected chi connectivity index (χ0v) is 18.4. The maximum absolute atomic E-state index is 13.0. The summed E-state index contributed by atoms with van der Waals surface area (Å²) in [5.74, 6) is 1.99. The second-order valence-corrected chi connectivity index (χ2v) is 9.11. The van der Waals surface area contributed by atoms with Crippen molar-refractivity contribution in [3.05, 3.63) is 53.9 Å². The van der Waals surface area contributed by atoms with Crippen LogP contribution in [0.3, 0.4) is 0 Å². The Bertz CT molecular complexity index is 1130. The van der Waals surface area contributed by atoms with Crippen LogP contribution in [0.2, 0.25) is 0 Å². The number of hydrogen-bond acceptors (Lipinski definition) is 7. The number of hydrogen-bond donors (Lipinski definition) is 0. The van der Waals surface area contributed by atoms with Gasteiger partial charge in [-0.3, -0.25) is 0 Å². The highest BCUT2D eigenvalue weighted by molar-refractivity contribution is 7.89. The van der Waals surface area contributed by atoms with Crippen LogP contribution in [-0.4, -0.2) is 44.1 Å². The summed E-state index contributed by atoms with van der Waals surface area (Å²) >= 11 is 0. The van der Waals surface area contributed by atoms with Gasteiger partial charge in [-0.2, -0.15) is 9.29 Å². The molecule has 0 aliphatic rings. The molecular formula is C21H25N3O5S. The molecule has 0 saturated carbocycles. The van der Waals surface area contributed by atoms with Crippen molar-refractivity contribution in [2.24, 2.45) is 0 Å². The largest absolute Gasteiger partial charge is 0.497 e. The van der Waals surface area contributed by atoms with E-state index in [1.807, 2.05) is 32.0 Å². The SMILES string of the molecule is COc1cccc(-c2noc(CN(C)S(=O)(=O)c3ccc(OC)c(C(C)C)c3)n2)c1. The standard InChI is InChI=1S/C21H25N3O5S/c1-14(2)18-12-17(9-10-19(18)28-5)30(25,26)24(3)13-20-22-21(23-29-20)15-7-6-8-16(11-15)27-4/h6-12,14H,13H2,1-5H3. The molecule has 0 radical (unpaired) electrons. The summed E-state index contributed by atoms with van der Waals surface area (Å²) in [6.07, 6.45) is 0. The molecule has 9 heteroatoms. The van der Waals surface area contributed by atoms with Crippen LogP contribution in [0.15, 0.2) is 51.9 Å². The quantitative estimate of drug-likeness (QED) is 0.537. The van der Waals surface area contributed by atoms with Crippen molar-refractivity contribution < 1.29 is 22.4 Å². The first-order valence-corrected chi connectivity index (χ1v) is 10.8. The summed E-state index contributed by atoms with van der Waals surface area (Å²) < 4.78 is 43.1. The van der Waals surface area contributed by atoms with E-state index in [-0.39, 0.29) is 23.2 Å². The van der Waals surface area contributed by atoms with E-state index >= 15 is 0 Å². The first kappa shape index (κ1) is 21.8. The lowest BCUT2D eigenvalue weighted by atomic mass is 10.0. The maximum atomic E-state index is 13.0. The average Bonchev–Trinajstić information content (AvgIpc) is 3.21. The molecule has 0 saturated heterocycles. The van der Waals surface area contributed by atoms with Gasteiger partial charge in [-0.15, -0.1) is 0 Å². The molecule has 3 rings (SSSR count). The molecule has 0 bridgehead atoms. The molecule has 0 atom stereocenters. The number of nitrogens with zero attached hydrogens (tertiary/aromatic N) is 3. The molecule has 3 aromatic rings. The van der Waals surface area contributed by atoms with Crippen molar-refractivity contribution in [1.82, 2.24) is 14.4 Å². The maximum Gasteiger partial charge on any atom is 0.243 e. The second-order valence-electron chi connectivity index (χ2n) is 7.06. The summed E-state index contributed by atoms with van der Waals surface area (Å²) in [7, 11) is 0.862. The summed E-state index contributed by atoms with van der Waals surface area (Å²) in [6.45, 7) is 3.91. The molecule has 160 valence electrons. The molecule has 0 amide bonds. The Morgan fingerprint density at radius 3 is 2.53 bits per heavy atom. The lowest BCUT2D eigenvalue weighted by molar-refractivity contribution is 0.336. The third-order valence-electron chi connectivity index (χ3n) is 4.69. The highest BCUT2D eigenvalue weighted by Gasteiger charge is 2.25. The highest BCUT2D eigenvalue weighted by atomic mass is 32.2. The Hall–Kier alpha value is -2.91. The first-order chi connectivity index (χ1) is 14.3. The monoisotopic (exact) mass is 431 g/mol. The van der Waals surface area contributed by atoms with Crippen molar-refractivity contribution in [1.29, 1.82) is 0 Å². The topological polar surface area (TPSA) is 94.8 Å². The van der Waals surface area contributed by atoms with E-state index in [4.69, 9.17) is 14.0 Å². The number of sulfonamides is 1. The predicted octanol–water partition coefficient (Wildman–Crippen LogP) is 3.70. The van der Waals surface area contributed by atoms with Crippen LogP contribution in [0, 0.1) is 0 Å². The zero-order valence-electron chi connectivity index (χ0n) is 17.6. The van der Waals surface area contributed by atoms with E-state index < -0.39 is 10.0 Å². The molecule has 0 fully saturated rings. The van der Waals surface area contributed by atoms with Gasteiger partial charge < -0.3 is 14.0 Å². The van der Waals surface area contributed by atoms with Gasteiger partial charge in [0.15, 0.2) is 0 Å². The number of methoxy groups -OCH3 is 2. The molecule has 8 nitrogen and oxygen atoms in total. The van der Waals surface area contributed by atoms with E-state index in [2.05, 4.69) is 10.1 Å². The van der Waals surface area contributed by atoms with Crippen molar-refractivity contribution in [3.8, 4) is 22.9 Å². The van der Waals surface area contributed by atoms with Gasteiger partial charge in [-0.05, 0) is 41.8 Å². The van der Waals surface area contributed by atoms with Crippen LogP contribution < -0.4 is 9.47 Å². The molecule has 0 unspecified atom stereocenters. The van der Waals surface area contributed by atoms with Crippen molar-refractivity contribution in [2.75, 3.05) is 21.3 Å². The Morgan fingerprint density at radius 2 is 1.87 bits per heavy atom. The minimum atomic E-state index is -3.75. The van der Waals surface area contributed by atoms with Gasteiger partial charge in [-0.1, -0.05) is 31.1 Å². The second kappa shape index (κ2) is 8.85. The summed E-state index contributed by atoms with van der Waals surface area (Å²) in [5.41, 5.74) is 1.54. The van der Waals surface area contributed by atoms with E-state index in [1.165, 1.54) is 17.4 Å². The molecule has 0 aliphatic heterocycles. The van der Waals surface area contributed by atoms with E-state index in [0.29, 0.717) is 22.9 Å². The Kier molecular flexibility index (Phi) is 6.42. The van der Waals surface area contributed by atoms with E-state index in [1.54, 1.807) is 32.4 Å². The summed E-state index contributed by atoms with van der Waals surface area (Å²) in [4.78, 5) is 4.50. The third kappa shape index (κ3) is 4.47. The van der Waals surface area contributed by atoms with Crippen LogP contribution in [0.4, 0.5) is 0 Å². The third-order valence-corrected chi connectivity index (χ3v) is 6.48. The molecule has 1 heterocycles. The van der Waals surface area contributed by atoms with Gasteiger partial charge in [0, 0.05) is 12.6 Å². The van der Waals surface area contributed by atoms with Gasteiger partial charge in [0.05, 0.1) is 25.7 Å². The number of aromatic nitrogens is 2. The first-order valence-electron chi connectivity index (χ1n) is 9.37. The van der Waals surface area contributed by atoms with Crippen LogP contribution in [0.25, 0.3) is 11.4 Å². The smallest absolute Gasteiger partial charge is 0.243 e. The highest BCUT2D eigenvalue weighted by Crippen LogP contribution is 2.30. The van der Waals surface area contributed by atoms with Crippen LogP contribution in [-0.2, 0) is 16.6 Å². The summed E-state index contributed by atoms with van der Waals surface area (Å²) in [5, 5.41) is 3.95. The molecule has 1 aromatic heterocycles. The van der Waals surface area contributed by atoms with Gasteiger partial charge in [-0.25, -0.2) is 8.42 Å². The average molecular weight is 432 g/mol. The Morgan fingerprint density at radius 1 is 1.10 bits per heavy atom. The fourth-order valence-electron chi connectivity index (χ4n) is 2.98. The molecule has 0 aliphatic carbocycles. The van der Waals surface area contributed by atoms with E-state index in [9.17, 15) is 8.42 Å². The van der Waals surface area contributed by atoms with Crippen LogP contribution >= 0.6 is 0 Å². The minimum Gasteiger partial charge on any atom is -0.497 e. The lowest BCUT2D eigenvalue weighted by Crippen LogP contribution is -2.26. The lowest BCUT2D eigenvalue weighted by Gasteiger charge is -2.18. The Labute approximate surface area is 176 Å². The normalized spacial score (nSPS) is 11.8. The van der Waals surface area contributed by atoms with Gasteiger partial charge in [0.2, 0.25) is 21.7 Å². The molecule has 0 spiro atoms. The van der Waals surface area contributed by atoms with Gasteiger partial charge in [0.25, 0.3) is 0 Å².